The van der Waals surface area contributed by atoms with Crippen molar-refractivity contribution in [1.29, 1.82) is 0 Å². The number of anilines is 1. The number of pyridine rings is 1. The molecule has 3 N–H and O–H groups in total. The van der Waals surface area contributed by atoms with E-state index >= 15 is 0 Å². The van der Waals surface area contributed by atoms with Crippen LogP contribution in [-0.4, -0.2) is 29.4 Å². The van der Waals surface area contributed by atoms with Crippen molar-refractivity contribution < 1.29 is 9.47 Å². The van der Waals surface area contributed by atoms with Gasteiger partial charge in [-0.15, -0.1) is 0 Å². The Morgan fingerprint density at radius 3 is 2.62 bits per heavy atom. The Bertz CT molecular complexity index is 495. The summed E-state index contributed by atoms with van der Waals surface area (Å²) in [6.45, 7) is 0. The SMILES string of the molecule is COc1cc(-c2cc(N)n[nH]2)c(OC)cn1. The lowest BCUT2D eigenvalue weighted by Gasteiger charge is -2.07. The van der Waals surface area contributed by atoms with Gasteiger partial charge >= 0.3 is 0 Å². The summed E-state index contributed by atoms with van der Waals surface area (Å²) in [7, 11) is 3.13. The fourth-order valence-electron chi connectivity index (χ4n) is 1.38. The van der Waals surface area contributed by atoms with Crippen LogP contribution in [0.2, 0.25) is 0 Å². The van der Waals surface area contributed by atoms with Crippen molar-refractivity contribution >= 4 is 5.82 Å². The lowest BCUT2D eigenvalue weighted by molar-refractivity contribution is 0.388. The summed E-state index contributed by atoms with van der Waals surface area (Å²) in [4.78, 5) is 4.05. The van der Waals surface area contributed by atoms with E-state index in [1.54, 1.807) is 32.5 Å². The minimum absolute atomic E-state index is 0.424. The second-order valence-corrected chi connectivity index (χ2v) is 3.13. The van der Waals surface area contributed by atoms with Crippen molar-refractivity contribution in [2.75, 3.05) is 20.0 Å². The number of nitrogens with one attached hydrogen (secondary N) is 1. The first kappa shape index (κ1) is 10.3. The van der Waals surface area contributed by atoms with Crippen LogP contribution in [0.25, 0.3) is 11.3 Å². The molecule has 16 heavy (non-hydrogen) atoms. The number of methoxy groups -OCH3 is 2. The van der Waals surface area contributed by atoms with Gasteiger partial charge in [-0.3, -0.25) is 5.10 Å². The highest BCUT2D eigenvalue weighted by Gasteiger charge is 2.10. The molecular formula is C10H12N4O2. The Morgan fingerprint density at radius 1 is 1.25 bits per heavy atom. The lowest BCUT2D eigenvalue weighted by Crippen LogP contribution is -1.93. The summed E-state index contributed by atoms with van der Waals surface area (Å²) < 4.78 is 10.3. The topological polar surface area (TPSA) is 86.0 Å². The van der Waals surface area contributed by atoms with Gasteiger partial charge in [-0.2, -0.15) is 5.10 Å². The molecular weight excluding hydrogens is 208 g/mol. The van der Waals surface area contributed by atoms with Crippen LogP contribution in [0.5, 0.6) is 11.6 Å². The zero-order valence-electron chi connectivity index (χ0n) is 9.02. The van der Waals surface area contributed by atoms with Crippen molar-refractivity contribution in [3.63, 3.8) is 0 Å². The molecule has 0 spiro atoms. The highest BCUT2D eigenvalue weighted by atomic mass is 16.5. The number of ether oxygens (including phenoxy) is 2. The zero-order valence-corrected chi connectivity index (χ0v) is 9.02. The first-order valence-electron chi connectivity index (χ1n) is 4.64. The third-order valence-corrected chi connectivity index (χ3v) is 2.16. The van der Waals surface area contributed by atoms with E-state index < -0.39 is 0 Å². The molecule has 0 saturated carbocycles. The Balaban J connectivity index is 2.52. The number of H-pyrrole nitrogens is 1. The van der Waals surface area contributed by atoms with Crippen LogP contribution in [0.15, 0.2) is 18.3 Å². The third-order valence-electron chi connectivity index (χ3n) is 2.16. The van der Waals surface area contributed by atoms with Gasteiger partial charge in [0.2, 0.25) is 5.88 Å². The molecule has 2 aromatic heterocycles. The zero-order chi connectivity index (χ0) is 11.5. The lowest BCUT2D eigenvalue weighted by atomic mass is 10.2. The fraction of sp³-hybridized carbons (Fsp3) is 0.200. The number of aromatic amines is 1. The molecule has 0 atom stereocenters. The quantitative estimate of drug-likeness (QED) is 0.808. The van der Waals surface area contributed by atoms with Crippen LogP contribution in [0.4, 0.5) is 5.82 Å². The number of aromatic nitrogens is 3. The minimum atomic E-state index is 0.424. The Hall–Kier alpha value is -2.24. The molecule has 2 rings (SSSR count). The summed E-state index contributed by atoms with van der Waals surface area (Å²) >= 11 is 0. The Kier molecular flexibility index (Phi) is 2.63. The van der Waals surface area contributed by atoms with Gasteiger partial charge in [0, 0.05) is 17.7 Å². The van der Waals surface area contributed by atoms with Crippen LogP contribution < -0.4 is 15.2 Å². The van der Waals surface area contributed by atoms with Crippen molar-refractivity contribution in [3.05, 3.63) is 18.3 Å². The highest BCUT2D eigenvalue weighted by Crippen LogP contribution is 2.30. The molecule has 0 radical (unpaired) electrons. The van der Waals surface area contributed by atoms with Crippen molar-refractivity contribution in [1.82, 2.24) is 15.2 Å². The molecule has 2 heterocycles. The van der Waals surface area contributed by atoms with Gasteiger partial charge in [0.15, 0.2) is 0 Å². The van der Waals surface area contributed by atoms with Crippen LogP contribution >= 0.6 is 0 Å². The number of nitrogens with zero attached hydrogens (tertiary/aromatic N) is 2. The van der Waals surface area contributed by atoms with E-state index in [4.69, 9.17) is 15.2 Å². The summed E-state index contributed by atoms with van der Waals surface area (Å²) in [5.41, 5.74) is 7.11. The van der Waals surface area contributed by atoms with Crippen molar-refractivity contribution in [3.8, 4) is 22.9 Å². The van der Waals surface area contributed by atoms with Gasteiger partial charge in [-0.25, -0.2) is 4.98 Å². The largest absolute Gasteiger partial charge is 0.494 e. The van der Waals surface area contributed by atoms with Gasteiger partial charge in [0.25, 0.3) is 0 Å². The first-order valence-corrected chi connectivity index (χ1v) is 4.64. The smallest absolute Gasteiger partial charge is 0.213 e. The van der Waals surface area contributed by atoms with Gasteiger partial charge in [0.1, 0.15) is 11.6 Å². The summed E-state index contributed by atoms with van der Waals surface area (Å²) in [5, 5.41) is 6.67. The molecule has 0 aliphatic rings. The molecule has 0 amide bonds. The molecule has 2 aromatic rings. The molecule has 6 heteroatoms. The molecule has 0 aliphatic heterocycles. The predicted molar refractivity (Wildman–Crippen MR) is 59.3 cm³/mol. The third kappa shape index (κ3) is 1.77. The number of nitrogen functional groups attached to an aromatic ring is 1. The minimum Gasteiger partial charge on any atom is -0.494 e. The number of hydrogen-bond donors (Lipinski definition) is 2. The van der Waals surface area contributed by atoms with Gasteiger partial charge in [-0.1, -0.05) is 0 Å². The summed E-state index contributed by atoms with van der Waals surface area (Å²) in [6, 6.07) is 3.48. The molecule has 0 unspecified atom stereocenters. The van der Waals surface area contributed by atoms with E-state index in [1.165, 1.54) is 0 Å². The molecule has 6 nitrogen and oxygen atoms in total. The monoisotopic (exact) mass is 220 g/mol. The molecule has 84 valence electrons. The first-order chi connectivity index (χ1) is 7.74. The molecule has 0 bridgehead atoms. The van der Waals surface area contributed by atoms with E-state index in [1.807, 2.05) is 0 Å². The molecule has 0 aliphatic carbocycles. The maximum Gasteiger partial charge on any atom is 0.213 e. The molecule has 0 saturated heterocycles. The number of nitrogens with two attached hydrogens (primary N) is 1. The molecule has 0 fully saturated rings. The van der Waals surface area contributed by atoms with Gasteiger partial charge < -0.3 is 15.2 Å². The van der Waals surface area contributed by atoms with Crippen molar-refractivity contribution in [2.24, 2.45) is 0 Å². The second kappa shape index (κ2) is 4.09. The van der Waals surface area contributed by atoms with E-state index in [0.29, 0.717) is 17.4 Å². The van der Waals surface area contributed by atoms with Crippen molar-refractivity contribution in [2.45, 2.75) is 0 Å². The van der Waals surface area contributed by atoms with Crippen LogP contribution in [0.1, 0.15) is 0 Å². The maximum atomic E-state index is 5.55. The maximum absolute atomic E-state index is 5.55. The summed E-state index contributed by atoms with van der Waals surface area (Å²) in [6.07, 6.45) is 1.59. The average molecular weight is 220 g/mol. The van der Waals surface area contributed by atoms with Crippen LogP contribution in [-0.2, 0) is 0 Å². The number of rotatable bonds is 3. The fourth-order valence-corrected chi connectivity index (χ4v) is 1.38. The normalized spacial score (nSPS) is 10.1. The second-order valence-electron chi connectivity index (χ2n) is 3.13. The number of hydrogen-bond acceptors (Lipinski definition) is 5. The highest BCUT2D eigenvalue weighted by molar-refractivity contribution is 5.69. The Morgan fingerprint density at radius 2 is 2.06 bits per heavy atom. The Labute approximate surface area is 92.4 Å². The standard InChI is InChI=1S/C10H12N4O2/c1-15-8-5-12-10(16-2)3-6(8)7-4-9(11)14-13-7/h3-5H,1-2H3,(H3,11,13,14). The summed E-state index contributed by atoms with van der Waals surface area (Å²) in [5.74, 6) is 1.56. The molecule has 0 aromatic carbocycles. The van der Waals surface area contributed by atoms with E-state index in [2.05, 4.69) is 15.2 Å². The van der Waals surface area contributed by atoms with Crippen LogP contribution in [0, 0.1) is 0 Å². The van der Waals surface area contributed by atoms with E-state index in [-0.39, 0.29) is 0 Å². The van der Waals surface area contributed by atoms with E-state index in [9.17, 15) is 0 Å². The van der Waals surface area contributed by atoms with Crippen LogP contribution in [0.3, 0.4) is 0 Å². The van der Waals surface area contributed by atoms with Gasteiger partial charge in [0.05, 0.1) is 26.1 Å². The average Bonchev–Trinajstić information content (AvgIpc) is 2.75. The van der Waals surface area contributed by atoms with Gasteiger partial charge in [-0.05, 0) is 0 Å². The van der Waals surface area contributed by atoms with E-state index in [0.717, 1.165) is 11.3 Å². The predicted octanol–water partition coefficient (Wildman–Crippen LogP) is 1.07.